The molecule has 202 valence electrons. The molecule has 0 aliphatic heterocycles. The summed E-state index contributed by atoms with van der Waals surface area (Å²) in [6.45, 7) is 13.3. The van der Waals surface area contributed by atoms with E-state index in [1.165, 1.54) is 69.8 Å². The third kappa shape index (κ3) is 5.20. The van der Waals surface area contributed by atoms with E-state index in [1.54, 1.807) is 5.57 Å². The first kappa shape index (κ1) is 27.0. The third-order valence-corrected chi connectivity index (χ3v) is 11.8. The summed E-state index contributed by atoms with van der Waals surface area (Å²) >= 11 is 0. The van der Waals surface area contributed by atoms with E-state index in [0.29, 0.717) is 23.5 Å². The highest BCUT2D eigenvalue weighted by atomic mass is 16.5. The number of fused-ring (bicyclic) bond motifs is 5. The molecule has 3 fully saturated rings. The maximum atomic E-state index is 9.04. The minimum Gasteiger partial charge on any atom is -0.373 e. The van der Waals surface area contributed by atoms with Gasteiger partial charge in [0, 0.05) is 0 Å². The van der Waals surface area contributed by atoms with E-state index in [1.807, 2.05) is 24.3 Å². The number of hydrogen-bond donors (Lipinski definition) is 0. The lowest BCUT2D eigenvalue weighted by atomic mass is 9.47. The van der Waals surface area contributed by atoms with Gasteiger partial charge in [-0.15, -0.1) is 0 Å². The predicted molar refractivity (Wildman–Crippen MR) is 153 cm³/mol. The standard InChI is InChI=1S/C35H51NO/c1-24(2)7-6-8-25(3)31-15-16-32-30-14-13-28-21-29(37-23-27-11-9-26(22-36)10-12-27)17-19-34(28,4)33(30)18-20-35(31,32)5/h9-13,24-25,29-33H,6-8,14-21,23H2,1-5H3/t25-,29+,30+,31-,32+,33+,34+,35-/m1/s1. The molecule has 8 atom stereocenters. The molecule has 3 saturated carbocycles. The smallest absolute Gasteiger partial charge is 0.0991 e. The Morgan fingerprint density at radius 3 is 2.49 bits per heavy atom. The first-order valence-electron chi connectivity index (χ1n) is 15.5. The molecule has 0 N–H and O–H groups in total. The van der Waals surface area contributed by atoms with Crippen molar-refractivity contribution in [3.05, 3.63) is 47.0 Å². The Kier molecular flexibility index (Phi) is 7.94. The fourth-order valence-corrected chi connectivity index (χ4v) is 9.68. The van der Waals surface area contributed by atoms with Crippen LogP contribution in [0.25, 0.3) is 0 Å². The minimum absolute atomic E-state index is 0.336. The maximum absolute atomic E-state index is 9.04. The summed E-state index contributed by atoms with van der Waals surface area (Å²) in [6, 6.07) is 10.1. The van der Waals surface area contributed by atoms with E-state index in [4.69, 9.17) is 10.00 Å². The Morgan fingerprint density at radius 1 is 0.973 bits per heavy atom. The summed E-state index contributed by atoms with van der Waals surface area (Å²) in [6.07, 6.45) is 18.0. The van der Waals surface area contributed by atoms with Crippen molar-refractivity contribution >= 4 is 0 Å². The van der Waals surface area contributed by atoms with Gasteiger partial charge >= 0.3 is 0 Å². The largest absolute Gasteiger partial charge is 0.373 e. The zero-order chi connectivity index (χ0) is 26.2. The summed E-state index contributed by atoms with van der Waals surface area (Å²) in [5.74, 6) is 5.38. The van der Waals surface area contributed by atoms with Gasteiger partial charge in [0.05, 0.1) is 24.3 Å². The molecule has 2 nitrogen and oxygen atoms in total. The van der Waals surface area contributed by atoms with Gasteiger partial charge in [-0.3, -0.25) is 0 Å². The van der Waals surface area contributed by atoms with E-state index in [-0.39, 0.29) is 0 Å². The molecule has 0 spiro atoms. The fraction of sp³-hybridized carbons (Fsp3) is 0.743. The average Bonchev–Trinajstić information content (AvgIpc) is 3.24. The van der Waals surface area contributed by atoms with E-state index >= 15 is 0 Å². The Morgan fingerprint density at radius 2 is 1.76 bits per heavy atom. The van der Waals surface area contributed by atoms with E-state index in [0.717, 1.165) is 47.5 Å². The second-order valence-corrected chi connectivity index (χ2v) is 14.3. The van der Waals surface area contributed by atoms with Crippen LogP contribution < -0.4 is 0 Å². The highest BCUT2D eigenvalue weighted by Crippen LogP contribution is 2.67. The van der Waals surface area contributed by atoms with Gasteiger partial charge in [-0.1, -0.05) is 77.7 Å². The van der Waals surface area contributed by atoms with Crippen molar-refractivity contribution in [2.45, 2.75) is 118 Å². The molecular formula is C35H51NO. The molecule has 0 radical (unpaired) electrons. The Balaban J connectivity index is 1.22. The molecule has 0 unspecified atom stereocenters. The third-order valence-electron chi connectivity index (χ3n) is 11.8. The fourth-order valence-electron chi connectivity index (χ4n) is 9.68. The van der Waals surface area contributed by atoms with Crippen LogP contribution in [-0.2, 0) is 11.3 Å². The van der Waals surface area contributed by atoms with E-state index in [9.17, 15) is 0 Å². The molecule has 0 aromatic heterocycles. The maximum Gasteiger partial charge on any atom is 0.0991 e. The molecule has 2 heteroatoms. The number of rotatable bonds is 8. The van der Waals surface area contributed by atoms with Crippen LogP contribution in [0, 0.1) is 57.7 Å². The second-order valence-electron chi connectivity index (χ2n) is 14.3. The van der Waals surface area contributed by atoms with Crippen LogP contribution in [0.5, 0.6) is 0 Å². The van der Waals surface area contributed by atoms with Gasteiger partial charge in [-0.25, -0.2) is 0 Å². The first-order valence-corrected chi connectivity index (χ1v) is 15.5. The highest BCUT2D eigenvalue weighted by molar-refractivity contribution is 5.31. The summed E-state index contributed by atoms with van der Waals surface area (Å²) < 4.78 is 6.42. The average molecular weight is 502 g/mol. The monoisotopic (exact) mass is 501 g/mol. The summed E-state index contributed by atoms with van der Waals surface area (Å²) in [7, 11) is 0. The van der Waals surface area contributed by atoms with Gasteiger partial charge in [-0.2, -0.15) is 5.26 Å². The van der Waals surface area contributed by atoms with Gasteiger partial charge in [0.1, 0.15) is 0 Å². The van der Waals surface area contributed by atoms with Gasteiger partial charge in [-0.05, 0) is 115 Å². The second kappa shape index (κ2) is 10.9. The molecule has 1 aromatic carbocycles. The van der Waals surface area contributed by atoms with Crippen molar-refractivity contribution in [1.29, 1.82) is 5.26 Å². The van der Waals surface area contributed by atoms with Crippen molar-refractivity contribution in [3.8, 4) is 6.07 Å². The van der Waals surface area contributed by atoms with Gasteiger partial charge in [0.25, 0.3) is 0 Å². The first-order chi connectivity index (χ1) is 17.7. The van der Waals surface area contributed by atoms with Crippen LogP contribution in [0.1, 0.15) is 116 Å². The van der Waals surface area contributed by atoms with Crippen LogP contribution in [0.3, 0.4) is 0 Å². The van der Waals surface area contributed by atoms with Crippen molar-refractivity contribution in [2.75, 3.05) is 0 Å². The Labute approximate surface area is 227 Å². The highest BCUT2D eigenvalue weighted by Gasteiger charge is 2.59. The van der Waals surface area contributed by atoms with Crippen LogP contribution in [0.2, 0.25) is 0 Å². The van der Waals surface area contributed by atoms with E-state index in [2.05, 4.69) is 46.8 Å². The number of benzene rings is 1. The van der Waals surface area contributed by atoms with Crippen molar-refractivity contribution in [2.24, 2.45) is 46.3 Å². The van der Waals surface area contributed by atoms with Crippen LogP contribution in [-0.4, -0.2) is 6.10 Å². The molecular weight excluding hydrogens is 450 g/mol. The molecule has 1 aromatic rings. The zero-order valence-electron chi connectivity index (χ0n) is 24.3. The van der Waals surface area contributed by atoms with Crippen LogP contribution in [0.4, 0.5) is 0 Å². The van der Waals surface area contributed by atoms with Crippen molar-refractivity contribution in [3.63, 3.8) is 0 Å². The summed E-state index contributed by atoms with van der Waals surface area (Å²) in [5, 5.41) is 9.04. The summed E-state index contributed by atoms with van der Waals surface area (Å²) in [5.41, 5.74) is 4.56. The summed E-state index contributed by atoms with van der Waals surface area (Å²) in [4.78, 5) is 0. The number of nitriles is 1. The van der Waals surface area contributed by atoms with E-state index < -0.39 is 0 Å². The molecule has 37 heavy (non-hydrogen) atoms. The Hall–Kier alpha value is -1.59. The van der Waals surface area contributed by atoms with Gasteiger partial charge in [0.2, 0.25) is 0 Å². The van der Waals surface area contributed by atoms with Crippen molar-refractivity contribution in [1.82, 2.24) is 0 Å². The Bertz CT molecular complexity index is 1000. The minimum atomic E-state index is 0.336. The molecule has 5 rings (SSSR count). The zero-order valence-corrected chi connectivity index (χ0v) is 24.3. The van der Waals surface area contributed by atoms with Gasteiger partial charge in [0.15, 0.2) is 0 Å². The molecule has 4 aliphatic rings. The lowest BCUT2D eigenvalue weighted by Gasteiger charge is -2.58. The van der Waals surface area contributed by atoms with Crippen molar-refractivity contribution < 1.29 is 4.74 Å². The molecule has 0 bridgehead atoms. The molecule has 0 amide bonds. The van der Waals surface area contributed by atoms with Crippen LogP contribution >= 0.6 is 0 Å². The lowest BCUT2D eigenvalue weighted by Crippen LogP contribution is -2.51. The number of allylic oxidation sites excluding steroid dienone is 1. The lowest BCUT2D eigenvalue weighted by molar-refractivity contribution is -0.0656. The van der Waals surface area contributed by atoms with Crippen LogP contribution in [0.15, 0.2) is 35.9 Å². The number of ether oxygens (including phenoxy) is 1. The molecule has 0 saturated heterocycles. The topological polar surface area (TPSA) is 33.0 Å². The van der Waals surface area contributed by atoms with Gasteiger partial charge < -0.3 is 4.74 Å². The SMILES string of the molecule is CC(C)CCC[C@@H](C)[C@H]1CC[C@H]2[C@@H]3CC=C4C[C@@H](OCc5ccc(C#N)cc5)CC[C@]4(C)[C@H]3CC[C@]12C. The molecule has 0 heterocycles. The normalized spacial score (nSPS) is 37.8. The number of nitrogens with zero attached hydrogens (tertiary/aromatic N) is 1. The molecule has 4 aliphatic carbocycles. The quantitative estimate of drug-likeness (QED) is 0.332. The predicted octanol–water partition coefficient (Wildman–Crippen LogP) is 9.48. The number of hydrogen-bond acceptors (Lipinski definition) is 2.